The lowest BCUT2D eigenvalue weighted by atomic mass is 10.1. The SMILES string of the molecule is C=Nc1c(/C=C\C)n(-c2ccccc2)c2c1cnc1c3ccccc3n(C3C=C4C=CC=CC4S3)c12. The first-order valence-electron chi connectivity index (χ1n) is 12.1. The largest absolute Gasteiger partial charge is 0.321 e. The zero-order chi connectivity index (χ0) is 24.2. The maximum absolute atomic E-state index is 5.03. The lowest BCUT2D eigenvalue weighted by Gasteiger charge is -2.17. The summed E-state index contributed by atoms with van der Waals surface area (Å²) in [7, 11) is 0. The number of pyridine rings is 1. The van der Waals surface area contributed by atoms with E-state index in [4.69, 9.17) is 4.98 Å². The second-order valence-electron chi connectivity index (χ2n) is 9.03. The van der Waals surface area contributed by atoms with Crippen LogP contribution in [0.2, 0.25) is 0 Å². The van der Waals surface area contributed by atoms with E-state index >= 15 is 0 Å². The normalized spacial score (nSPS) is 19.1. The van der Waals surface area contributed by atoms with Gasteiger partial charge in [-0.3, -0.25) is 9.98 Å². The van der Waals surface area contributed by atoms with Crippen LogP contribution >= 0.6 is 11.8 Å². The van der Waals surface area contributed by atoms with Gasteiger partial charge in [0.1, 0.15) is 5.37 Å². The van der Waals surface area contributed by atoms with Gasteiger partial charge in [0.25, 0.3) is 0 Å². The Balaban J connectivity index is 1.67. The fraction of sp³-hybridized carbons (Fsp3) is 0.0968. The summed E-state index contributed by atoms with van der Waals surface area (Å²) in [5.41, 5.74) is 8.75. The molecule has 0 N–H and O–H groups in total. The lowest BCUT2D eigenvalue weighted by molar-refractivity contribution is 0.878. The molecule has 5 heteroatoms. The van der Waals surface area contributed by atoms with E-state index in [1.165, 1.54) is 11.1 Å². The molecular formula is C31H24N4S. The van der Waals surface area contributed by atoms with Crippen molar-refractivity contribution in [1.82, 2.24) is 14.1 Å². The zero-order valence-corrected chi connectivity index (χ0v) is 20.7. The minimum absolute atomic E-state index is 0.150. The Morgan fingerprint density at radius 1 is 1.00 bits per heavy atom. The zero-order valence-electron chi connectivity index (χ0n) is 19.9. The van der Waals surface area contributed by atoms with Crippen LogP contribution in [0.25, 0.3) is 44.6 Å². The molecule has 2 unspecified atom stereocenters. The Hall–Kier alpha value is -4.09. The number of benzene rings is 2. The second kappa shape index (κ2) is 8.25. The van der Waals surface area contributed by atoms with Crippen LogP contribution < -0.4 is 0 Å². The van der Waals surface area contributed by atoms with Crippen LogP contribution in [0.15, 0.2) is 108 Å². The lowest BCUT2D eigenvalue weighted by Crippen LogP contribution is -2.04. The van der Waals surface area contributed by atoms with Crippen molar-refractivity contribution in [2.75, 3.05) is 0 Å². The van der Waals surface area contributed by atoms with E-state index in [9.17, 15) is 0 Å². The maximum Gasteiger partial charge on any atom is 0.100 e. The van der Waals surface area contributed by atoms with Gasteiger partial charge in [-0.15, -0.1) is 11.8 Å². The fourth-order valence-electron chi connectivity index (χ4n) is 5.57. The van der Waals surface area contributed by atoms with Gasteiger partial charge >= 0.3 is 0 Å². The first kappa shape index (κ1) is 21.2. The molecule has 2 atom stereocenters. The van der Waals surface area contributed by atoms with Gasteiger partial charge < -0.3 is 9.13 Å². The van der Waals surface area contributed by atoms with E-state index in [0.29, 0.717) is 5.25 Å². The number of aliphatic imine (C=N–C) groups is 1. The summed E-state index contributed by atoms with van der Waals surface area (Å²) in [6.45, 7) is 5.98. The molecule has 36 heavy (non-hydrogen) atoms. The molecule has 3 aromatic heterocycles. The molecule has 0 radical (unpaired) electrons. The maximum atomic E-state index is 5.03. The molecule has 1 aliphatic heterocycles. The number of para-hydroxylation sites is 2. The van der Waals surface area contributed by atoms with Crippen molar-refractivity contribution in [2.45, 2.75) is 17.5 Å². The standard InChI is InChI=1S/C31H24N4S/c1-3-11-25-28(32-2)23-19-33-29-22-15-8-9-16-24(22)35(27-18-20-12-7-10-17-26(20)36-27)31(29)30(23)34(25)21-13-5-4-6-14-21/h3-19,26-27H,2H2,1H3/b11-3-. The Labute approximate surface area is 213 Å². The van der Waals surface area contributed by atoms with Crippen LogP contribution in [0.3, 0.4) is 0 Å². The third-order valence-electron chi connectivity index (χ3n) is 7.04. The summed E-state index contributed by atoms with van der Waals surface area (Å²) in [6.07, 6.45) is 17.3. The molecule has 7 rings (SSSR count). The number of hydrogen-bond acceptors (Lipinski definition) is 3. The molecule has 0 saturated heterocycles. The number of nitrogens with zero attached hydrogens (tertiary/aromatic N) is 4. The molecule has 0 bridgehead atoms. The topological polar surface area (TPSA) is 35.1 Å². The first-order valence-corrected chi connectivity index (χ1v) is 13.1. The molecule has 2 aromatic carbocycles. The number of thioether (sulfide) groups is 1. The average Bonchev–Trinajstić information content (AvgIpc) is 3.58. The molecular weight excluding hydrogens is 460 g/mol. The summed E-state index contributed by atoms with van der Waals surface area (Å²) < 4.78 is 4.79. The van der Waals surface area contributed by atoms with Gasteiger partial charge in [0.05, 0.1) is 38.7 Å². The third-order valence-corrected chi connectivity index (χ3v) is 8.38. The average molecular weight is 485 g/mol. The number of hydrogen-bond donors (Lipinski definition) is 0. The van der Waals surface area contributed by atoms with Crippen molar-refractivity contribution in [3.63, 3.8) is 0 Å². The predicted octanol–water partition coefficient (Wildman–Crippen LogP) is 8.17. The van der Waals surface area contributed by atoms with Crippen molar-refractivity contribution in [2.24, 2.45) is 4.99 Å². The highest BCUT2D eigenvalue weighted by atomic mass is 32.2. The highest BCUT2D eigenvalue weighted by Crippen LogP contribution is 2.48. The molecule has 174 valence electrons. The molecule has 0 spiro atoms. The highest BCUT2D eigenvalue weighted by molar-refractivity contribution is 8.00. The van der Waals surface area contributed by atoms with Crippen LogP contribution in [0.4, 0.5) is 5.69 Å². The summed E-state index contributed by atoms with van der Waals surface area (Å²) in [5, 5.41) is 2.69. The minimum atomic E-state index is 0.150. The number of rotatable bonds is 4. The van der Waals surface area contributed by atoms with Crippen molar-refractivity contribution in [3.05, 3.63) is 109 Å². The number of allylic oxidation sites excluding steroid dienone is 4. The first-order chi connectivity index (χ1) is 17.8. The smallest absolute Gasteiger partial charge is 0.100 e. The van der Waals surface area contributed by atoms with Crippen LogP contribution in [-0.4, -0.2) is 26.1 Å². The van der Waals surface area contributed by atoms with Crippen LogP contribution in [0.1, 0.15) is 18.0 Å². The highest BCUT2D eigenvalue weighted by Gasteiger charge is 2.30. The monoisotopic (exact) mass is 484 g/mol. The van der Waals surface area contributed by atoms with E-state index in [1.807, 2.05) is 24.9 Å². The molecule has 0 amide bonds. The van der Waals surface area contributed by atoms with E-state index in [-0.39, 0.29) is 5.37 Å². The van der Waals surface area contributed by atoms with Crippen LogP contribution in [0.5, 0.6) is 0 Å². The molecule has 2 aliphatic rings. The van der Waals surface area contributed by atoms with Gasteiger partial charge in [-0.05, 0) is 49.6 Å². The number of aromatic nitrogens is 3. The van der Waals surface area contributed by atoms with Gasteiger partial charge in [-0.2, -0.15) is 0 Å². The van der Waals surface area contributed by atoms with Crippen molar-refractivity contribution in [3.8, 4) is 5.69 Å². The summed E-state index contributed by atoms with van der Waals surface area (Å²) in [6, 6.07) is 19.1. The van der Waals surface area contributed by atoms with Gasteiger partial charge in [0.15, 0.2) is 0 Å². The third kappa shape index (κ3) is 2.96. The second-order valence-corrected chi connectivity index (χ2v) is 10.3. The quantitative estimate of drug-likeness (QED) is 0.241. The van der Waals surface area contributed by atoms with E-state index in [0.717, 1.165) is 44.4 Å². The number of fused-ring (bicyclic) bond motifs is 6. The molecule has 0 fully saturated rings. The molecule has 4 nitrogen and oxygen atoms in total. The van der Waals surface area contributed by atoms with Crippen LogP contribution in [0, 0.1) is 0 Å². The Morgan fingerprint density at radius 3 is 2.64 bits per heavy atom. The van der Waals surface area contributed by atoms with Gasteiger partial charge in [0.2, 0.25) is 0 Å². The Kier molecular flexibility index (Phi) is 4.86. The molecule has 5 aromatic rings. The molecule has 4 heterocycles. The predicted molar refractivity (Wildman–Crippen MR) is 155 cm³/mol. The van der Waals surface area contributed by atoms with E-state index in [1.54, 1.807) is 0 Å². The van der Waals surface area contributed by atoms with Crippen molar-refractivity contribution in [1.29, 1.82) is 0 Å². The Bertz CT molecular complexity index is 1800. The minimum Gasteiger partial charge on any atom is -0.321 e. The molecule has 0 saturated carbocycles. The van der Waals surface area contributed by atoms with E-state index < -0.39 is 0 Å². The summed E-state index contributed by atoms with van der Waals surface area (Å²) >= 11 is 1.96. The summed E-state index contributed by atoms with van der Waals surface area (Å²) in [4.78, 5) is 9.54. The van der Waals surface area contributed by atoms with E-state index in [2.05, 4.69) is 118 Å². The van der Waals surface area contributed by atoms with Crippen LogP contribution in [-0.2, 0) is 0 Å². The van der Waals surface area contributed by atoms with Crippen molar-refractivity contribution >= 4 is 63.1 Å². The van der Waals surface area contributed by atoms with Gasteiger partial charge in [-0.25, -0.2) is 0 Å². The Morgan fingerprint density at radius 2 is 1.83 bits per heavy atom. The van der Waals surface area contributed by atoms with Crippen molar-refractivity contribution < 1.29 is 0 Å². The van der Waals surface area contributed by atoms with Gasteiger partial charge in [-0.1, -0.05) is 66.8 Å². The fourth-order valence-corrected chi connectivity index (χ4v) is 6.95. The van der Waals surface area contributed by atoms with Gasteiger partial charge in [0, 0.05) is 22.7 Å². The summed E-state index contributed by atoms with van der Waals surface area (Å²) in [5.74, 6) is 0. The molecule has 1 aliphatic carbocycles.